The molecule has 16 heavy (non-hydrogen) atoms. The Kier molecular flexibility index (Phi) is 3.51. The third kappa shape index (κ3) is 2.81. The van der Waals surface area contributed by atoms with Gasteiger partial charge in [-0.3, -0.25) is 0 Å². The lowest BCUT2D eigenvalue weighted by molar-refractivity contribution is 0.191. The number of nitrogens with one attached hydrogen (secondary N) is 1. The van der Waals surface area contributed by atoms with Crippen molar-refractivity contribution in [2.75, 3.05) is 11.9 Å². The Morgan fingerprint density at radius 2 is 1.81 bits per heavy atom. The number of aromatic nitrogens is 1. The zero-order valence-corrected chi connectivity index (χ0v) is 8.88. The minimum Gasteiger partial charge on any atom is -0.387 e. The summed E-state index contributed by atoms with van der Waals surface area (Å²) in [4.78, 5) is 4.12. The first-order valence-electron chi connectivity index (χ1n) is 5.24. The van der Waals surface area contributed by atoms with Gasteiger partial charge in [-0.25, -0.2) is 4.98 Å². The standard InChI is InChI=1S/C13H14N2O/c16-12(11-6-2-1-3-7-11)10-15-13-8-4-5-9-14-13/h1-9,12,16H,10H2,(H,14,15)/t12-/m0/s1. The summed E-state index contributed by atoms with van der Waals surface area (Å²) in [5.41, 5.74) is 0.908. The number of aliphatic hydroxyl groups is 1. The minimum absolute atomic E-state index is 0.459. The molecule has 3 nitrogen and oxygen atoms in total. The molecular formula is C13H14N2O. The van der Waals surface area contributed by atoms with Crippen molar-refractivity contribution in [2.45, 2.75) is 6.10 Å². The fourth-order valence-corrected chi connectivity index (χ4v) is 1.46. The molecule has 0 radical (unpaired) electrons. The number of aliphatic hydroxyl groups excluding tert-OH is 1. The summed E-state index contributed by atoms with van der Waals surface area (Å²) in [6.45, 7) is 0.459. The van der Waals surface area contributed by atoms with Crippen LogP contribution in [0.5, 0.6) is 0 Å². The number of hydrogen-bond acceptors (Lipinski definition) is 3. The van der Waals surface area contributed by atoms with Gasteiger partial charge in [0, 0.05) is 12.7 Å². The highest BCUT2D eigenvalue weighted by molar-refractivity contribution is 5.33. The number of pyridine rings is 1. The highest BCUT2D eigenvalue weighted by Gasteiger charge is 2.05. The van der Waals surface area contributed by atoms with E-state index in [4.69, 9.17) is 0 Å². The number of nitrogens with zero attached hydrogens (tertiary/aromatic N) is 1. The first-order chi connectivity index (χ1) is 7.86. The molecule has 0 fully saturated rings. The van der Waals surface area contributed by atoms with E-state index in [9.17, 15) is 5.11 Å². The molecule has 1 atom stereocenters. The van der Waals surface area contributed by atoms with E-state index in [0.29, 0.717) is 6.54 Å². The van der Waals surface area contributed by atoms with E-state index in [2.05, 4.69) is 10.3 Å². The Hall–Kier alpha value is -1.87. The molecule has 0 saturated heterocycles. The van der Waals surface area contributed by atoms with E-state index >= 15 is 0 Å². The van der Waals surface area contributed by atoms with E-state index in [-0.39, 0.29) is 0 Å². The summed E-state index contributed by atoms with van der Waals surface area (Å²) in [6, 6.07) is 15.2. The zero-order chi connectivity index (χ0) is 11.2. The summed E-state index contributed by atoms with van der Waals surface area (Å²) in [5.74, 6) is 0.775. The SMILES string of the molecule is O[C@@H](CNc1ccccn1)c1ccccc1. The van der Waals surface area contributed by atoms with Crippen molar-refractivity contribution in [1.82, 2.24) is 4.98 Å². The average molecular weight is 214 g/mol. The van der Waals surface area contributed by atoms with Crippen molar-refractivity contribution >= 4 is 5.82 Å². The number of rotatable bonds is 4. The summed E-state index contributed by atoms with van der Waals surface area (Å²) >= 11 is 0. The van der Waals surface area contributed by atoms with Crippen LogP contribution in [0, 0.1) is 0 Å². The molecular weight excluding hydrogens is 200 g/mol. The van der Waals surface area contributed by atoms with Gasteiger partial charge in [0.25, 0.3) is 0 Å². The predicted molar refractivity (Wildman–Crippen MR) is 64.1 cm³/mol. The lowest BCUT2D eigenvalue weighted by atomic mass is 10.1. The summed E-state index contributed by atoms with van der Waals surface area (Å²) in [5, 5.41) is 13.0. The Labute approximate surface area is 94.8 Å². The van der Waals surface area contributed by atoms with Crippen LogP contribution in [0.3, 0.4) is 0 Å². The van der Waals surface area contributed by atoms with E-state index in [0.717, 1.165) is 11.4 Å². The van der Waals surface area contributed by atoms with Gasteiger partial charge in [-0.2, -0.15) is 0 Å². The summed E-state index contributed by atoms with van der Waals surface area (Å²) < 4.78 is 0. The van der Waals surface area contributed by atoms with Crippen LogP contribution in [0.15, 0.2) is 54.7 Å². The van der Waals surface area contributed by atoms with Crippen LogP contribution >= 0.6 is 0 Å². The molecule has 0 aliphatic heterocycles. The first-order valence-corrected chi connectivity index (χ1v) is 5.24. The summed E-state index contributed by atoms with van der Waals surface area (Å²) in [6.07, 6.45) is 1.21. The zero-order valence-electron chi connectivity index (χ0n) is 8.88. The lowest BCUT2D eigenvalue weighted by Gasteiger charge is -2.12. The van der Waals surface area contributed by atoms with Crippen LogP contribution in [-0.4, -0.2) is 16.6 Å². The van der Waals surface area contributed by atoms with Gasteiger partial charge >= 0.3 is 0 Å². The maximum Gasteiger partial charge on any atom is 0.125 e. The van der Waals surface area contributed by atoms with Crippen molar-refractivity contribution in [3.8, 4) is 0 Å². The van der Waals surface area contributed by atoms with Gasteiger partial charge in [-0.15, -0.1) is 0 Å². The molecule has 82 valence electrons. The molecule has 0 spiro atoms. The normalized spacial score (nSPS) is 12.1. The van der Waals surface area contributed by atoms with Crippen molar-refractivity contribution in [2.24, 2.45) is 0 Å². The second-order valence-electron chi connectivity index (χ2n) is 3.52. The number of benzene rings is 1. The third-order valence-electron chi connectivity index (χ3n) is 2.33. The molecule has 1 aromatic carbocycles. The molecule has 0 amide bonds. The fourth-order valence-electron chi connectivity index (χ4n) is 1.46. The maximum absolute atomic E-state index is 9.89. The molecule has 0 unspecified atom stereocenters. The smallest absolute Gasteiger partial charge is 0.125 e. The second-order valence-corrected chi connectivity index (χ2v) is 3.52. The monoisotopic (exact) mass is 214 g/mol. The lowest BCUT2D eigenvalue weighted by Crippen LogP contribution is -2.12. The maximum atomic E-state index is 9.89. The quantitative estimate of drug-likeness (QED) is 0.820. The van der Waals surface area contributed by atoms with Crippen molar-refractivity contribution in [3.63, 3.8) is 0 Å². The van der Waals surface area contributed by atoms with Gasteiger partial charge in [0.1, 0.15) is 5.82 Å². The van der Waals surface area contributed by atoms with E-state index in [1.807, 2.05) is 48.5 Å². The highest BCUT2D eigenvalue weighted by Crippen LogP contribution is 2.12. The third-order valence-corrected chi connectivity index (χ3v) is 2.33. The molecule has 2 rings (SSSR count). The molecule has 0 bridgehead atoms. The molecule has 3 heteroatoms. The van der Waals surface area contributed by atoms with Gasteiger partial charge < -0.3 is 10.4 Å². The number of anilines is 1. The van der Waals surface area contributed by atoms with Crippen LogP contribution in [0.25, 0.3) is 0 Å². The largest absolute Gasteiger partial charge is 0.387 e. The van der Waals surface area contributed by atoms with E-state index in [1.54, 1.807) is 6.20 Å². The van der Waals surface area contributed by atoms with Crippen LogP contribution in [0.1, 0.15) is 11.7 Å². The topological polar surface area (TPSA) is 45.1 Å². The molecule has 0 aliphatic carbocycles. The second kappa shape index (κ2) is 5.28. The Balaban J connectivity index is 1.92. The molecule has 1 heterocycles. The van der Waals surface area contributed by atoms with Crippen LogP contribution in [0.2, 0.25) is 0 Å². The highest BCUT2D eigenvalue weighted by atomic mass is 16.3. The molecule has 0 aliphatic rings. The minimum atomic E-state index is -0.511. The molecule has 2 N–H and O–H groups in total. The fraction of sp³-hybridized carbons (Fsp3) is 0.154. The van der Waals surface area contributed by atoms with E-state index < -0.39 is 6.10 Å². The molecule has 2 aromatic rings. The van der Waals surface area contributed by atoms with Gasteiger partial charge in [0.05, 0.1) is 6.10 Å². The van der Waals surface area contributed by atoms with Gasteiger partial charge in [0.15, 0.2) is 0 Å². The van der Waals surface area contributed by atoms with Crippen molar-refractivity contribution in [3.05, 3.63) is 60.3 Å². The van der Waals surface area contributed by atoms with Crippen LogP contribution in [0.4, 0.5) is 5.82 Å². The Bertz CT molecular complexity index is 416. The summed E-state index contributed by atoms with van der Waals surface area (Å²) in [7, 11) is 0. The molecule has 1 aromatic heterocycles. The average Bonchev–Trinajstić information content (AvgIpc) is 2.38. The van der Waals surface area contributed by atoms with Crippen LogP contribution < -0.4 is 5.32 Å². The van der Waals surface area contributed by atoms with Gasteiger partial charge in [-0.1, -0.05) is 36.4 Å². The van der Waals surface area contributed by atoms with Crippen molar-refractivity contribution < 1.29 is 5.11 Å². The van der Waals surface area contributed by atoms with Crippen LogP contribution in [-0.2, 0) is 0 Å². The number of hydrogen-bond donors (Lipinski definition) is 2. The first kappa shape index (κ1) is 10.6. The van der Waals surface area contributed by atoms with E-state index in [1.165, 1.54) is 0 Å². The predicted octanol–water partition coefficient (Wildman–Crippen LogP) is 2.23. The van der Waals surface area contributed by atoms with Crippen molar-refractivity contribution in [1.29, 1.82) is 0 Å². The van der Waals surface area contributed by atoms with Gasteiger partial charge in [0.2, 0.25) is 0 Å². The molecule has 0 saturated carbocycles. The Morgan fingerprint density at radius 1 is 1.06 bits per heavy atom. The van der Waals surface area contributed by atoms with Gasteiger partial charge in [-0.05, 0) is 17.7 Å². The Morgan fingerprint density at radius 3 is 2.50 bits per heavy atom.